The van der Waals surface area contributed by atoms with Gasteiger partial charge in [-0.1, -0.05) is 0 Å². The molecule has 0 spiro atoms. The van der Waals surface area contributed by atoms with E-state index in [4.69, 9.17) is 21.1 Å². The predicted octanol–water partition coefficient (Wildman–Crippen LogP) is 2.47. The first-order valence-electron chi connectivity index (χ1n) is 3.86. The molecule has 76 valence electrons. The van der Waals surface area contributed by atoms with Crippen molar-refractivity contribution >= 4 is 22.7 Å². The molecule has 4 nitrogen and oxygen atoms in total. The Morgan fingerprint density at radius 3 is 2.57 bits per heavy atom. The normalized spacial score (nSPS) is 9.36. The highest BCUT2D eigenvalue weighted by molar-refractivity contribution is 6.65. The highest BCUT2D eigenvalue weighted by Gasteiger charge is 2.06. The first-order valence-corrected chi connectivity index (χ1v) is 4.23. The van der Waals surface area contributed by atoms with Gasteiger partial charge in [0, 0.05) is 6.07 Å². The number of hydrogen-bond donors (Lipinski definition) is 1. The van der Waals surface area contributed by atoms with E-state index >= 15 is 0 Å². The van der Waals surface area contributed by atoms with Crippen molar-refractivity contribution < 1.29 is 14.3 Å². The first-order chi connectivity index (χ1) is 6.67. The SMILES string of the molecule is COc1ccc(OC)c(NC(=O)Cl)c1. The van der Waals surface area contributed by atoms with Gasteiger partial charge in [0.25, 0.3) is 0 Å². The van der Waals surface area contributed by atoms with E-state index < -0.39 is 5.37 Å². The third-order valence-electron chi connectivity index (χ3n) is 1.64. The fourth-order valence-electron chi connectivity index (χ4n) is 1.02. The van der Waals surface area contributed by atoms with Gasteiger partial charge in [0.15, 0.2) is 0 Å². The number of anilines is 1. The van der Waals surface area contributed by atoms with Crippen LogP contribution in [0.25, 0.3) is 0 Å². The van der Waals surface area contributed by atoms with Gasteiger partial charge in [-0.3, -0.25) is 4.79 Å². The van der Waals surface area contributed by atoms with Crippen molar-refractivity contribution in [3.8, 4) is 11.5 Å². The molecule has 1 aromatic carbocycles. The van der Waals surface area contributed by atoms with Crippen molar-refractivity contribution in [3.63, 3.8) is 0 Å². The van der Waals surface area contributed by atoms with Crippen LogP contribution >= 0.6 is 11.6 Å². The molecule has 1 rings (SSSR count). The topological polar surface area (TPSA) is 47.6 Å². The molecule has 0 bridgehead atoms. The van der Waals surface area contributed by atoms with Crippen LogP contribution in [0, 0.1) is 0 Å². The fraction of sp³-hybridized carbons (Fsp3) is 0.222. The van der Waals surface area contributed by atoms with E-state index in [2.05, 4.69) is 5.32 Å². The van der Waals surface area contributed by atoms with E-state index in [-0.39, 0.29) is 0 Å². The smallest absolute Gasteiger partial charge is 0.318 e. The number of amides is 1. The molecule has 0 aliphatic heterocycles. The highest BCUT2D eigenvalue weighted by Crippen LogP contribution is 2.28. The Morgan fingerprint density at radius 1 is 1.36 bits per heavy atom. The maximum Gasteiger partial charge on any atom is 0.318 e. The molecule has 0 fully saturated rings. The maximum atomic E-state index is 10.6. The van der Waals surface area contributed by atoms with Crippen LogP contribution in [0.1, 0.15) is 0 Å². The number of carbonyl (C=O) groups is 1. The summed E-state index contributed by atoms with van der Waals surface area (Å²) in [7, 11) is 3.04. The molecule has 1 aromatic rings. The standard InChI is InChI=1S/C9H10ClNO3/c1-13-6-3-4-8(14-2)7(5-6)11-9(10)12/h3-5H,1-2H3,(H,11,12). The second-order valence-electron chi connectivity index (χ2n) is 2.46. The molecule has 0 unspecified atom stereocenters. The molecule has 5 heteroatoms. The number of ether oxygens (including phenoxy) is 2. The van der Waals surface area contributed by atoms with Crippen LogP contribution in [0.2, 0.25) is 0 Å². The Morgan fingerprint density at radius 2 is 2.07 bits per heavy atom. The third-order valence-corrected chi connectivity index (χ3v) is 1.73. The maximum absolute atomic E-state index is 10.6. The van der Waals surface area contributed by atoms with E-state index in [1.54, 1.807) is 18.2 Å². The Hall–Kier alpha value is -1.42. The van der Waals surface area contributed by atoms with E-state index in [9.17, 15) is 4.79 Å². The van der Waals surface area contributed by atoms with Gasteiger partial charge in [0.2, 0.25) is 0 Å². The van der Waals surface area contributed by atoms with Crippen LogP contribution < -0.4 is 14.8 Å². The molecule has 0 saturated carbocycles. The summed E-state index contributed by atoms with van der Waals surface area (Å²) in [5.74, 6) is 1.14. The van der Waals surface area contributed by atoms with Gasteiger partial charge in [0.1, 0.15) is 11.5 Å². The Kier molecular flexibility index (Phi) is 3.59. The Bertz CT molecular complexity index is 341. The van der Waals surface area contributed by atoms with E-state index in [1.165, 1.54) is 14.2 Å². The lowest BCUT2D eigenvalue weighted by atomic mass is 10.3. The van der Waals surface area contributed by atoms with Crippen LogP contribution in [0.3, 0.4) is 0 Å². The molecule has 0 aliphatic rings. The Balaban J connectivity index is 3.01. The lowest BCUT2D eigenvalue weighted by molar-refractivity contribution is 0.268. The average molecular weight is 216 g/mol. The second-order valence-corrected chi connectivity index (χ2v) is 2.81. The zero-order valence-electron chi connectivity index (χ0n) is 7.83. The zero-order valence-corrected chi connectivity index (χ0v) is 8.59. The van der Waals surface area contributed by atoms with Gasteiger partial charge in [-0.2, -0.15) is 0 Å². The molecule has 0 aliphatic carbocycles. The fourth-order valence-corrected chi connectivity index (χ4v) is 1.12. The van der Waals surface area contributed by atoms with Crippen molar-refractivity contribution in [2.45, 2.75) is 0 Å². The minimum absolute atomic E-state index is 0.479. The van der Waals surface area contributed by atoms with Crippen molar-refractivity contribution in [1.29, 1.82) is 0 Å². The molecule has 0 saturated heterocycles. The van der Waals surface area contributed by atoms with E-state index in [0.717, 1.165) is 0 Å². The van der Waals surface area contributed by atoms with Crippen LogP contribution in [0.15, 0.2) is 18.2 Å². The lowest BCUT2D eigenvalue weighted by Crippen LogP contribution is -2.03. The van der Waals surface area contributed by atoms with Crippen molar-refractivity contribution in [3.05, 3.63) is 18.2 Å². The van der Waals surface area contributed by atoms with Crippen LogP contribution in [0.5, 0.6) is 11.5 Å². The molecule has 1 amide bonds. The van der Waals surface area contributed by atoms with Crippen LogP contribution in [-0.4, -0.2) is 19.6 Å². The molecule has 0 atom stereocenters. The monoisotopic (exact) mass is 215 g/mol. The third kappa shape index (κ3) is 2.53. The van der Waals surface area contributed by atoms with E-state index in [0.29, 0.717) is 17.2 Å². The zero-order chi connectivity index (χ0) is 10.6. The average Bonchev–Trinajstić information content (AvgIpc) is 2.16. The minimum atomic E-state index is -0.670. The van der Waals surface area contributed by atoms with Crippen LogP contribution in [-0.2, 0) is 0 Å². The summed E-state index contributed by atoms with van der Waals surface area (Å²) in [5.41, 5.74) is 0.479. The van der Waals surface area contributed by atoms with Gasteiger partial charge < -0.3 is 14.8 Å². The van der Waals surface area contributed by atoms with Gasteiger partial charge >= 0.3 is 5.37 Å². The summed E-state index contributed by atoms with van der Waals surface area (Å²) in [5, 5.41) is 1.75. The molecular weight excluding hydrogens is 206 g/mol. The predicted molar refractivity (Wildman–Crippen MR) is 54.4 cm³/mol. The summed E-state index contributed by atoms with van der Waals surface area (Å²) in [6, 6.07) is 5.03. The number of carbonyl (C=O) groups excluding carboxylic acids is 1. The molecule has 1 N–H and O–H groups in total. The van der Waals surface area contributed by atoms with Gasteiger partial charge in [-0.15, -0.1) is 0 Å². The Labute approximate surface area is 86.8 Å². The van der Waals surface area contributed by atoms with Gasteiger partial charge in [-0.05, 0) is 23.7 Å². The molecule has 0 aromatic heterocycles. The van der Waals surface area contributed by atoms with Crippen molar-refractivity contribution in [2.24, 2.45) is 0 Å². The van der Waals surface area contributed by atoms with E-state index in [1.807, 2.05) is 0 Å². The first kappa shape index (κ1) is 10.7. The summed E-state index contributed by atoms with van der Waals surface area (Å²) in [6.07, 6.45) is 0. The number of halogens is 1. The number of hydrogen-bond acceptors (Lipinski definition) is 3. The number of nitrogens with one attached hydrogen (secondary N) is 1. The van der Waals surface area contributed by atoms with Gasteiger partial charge in [-0.25, -0.2) is 0 Å². The summed E-state index contributed by atoms with van der Waals surface area (Å²) >= 11 is 5.19. The lowest BCUT2D eigenvalue weighted by Gasteiger charge is -2.09. The molecular formula is C9H10ClNO3. The molecule has 0 heterocycles. The van der Waals surface area contributed by atoms with Crippen molar-refractivity contribution in [2.75, 3.05) is 19.5 Å². The second kappa shape index (κ2) is 4.72. The summed E-state index contributed by atoms with van der Waals surface area (Å²) in [6.45, 7) is 0. The molecule has 14 heavy (non-hydrogen) atoms. The summed E-state index contributed by atoms with van der Waals surface area (Å²) < 4.78 is 10.0. The quantitative estimate of drug-likeness (QED) is 0.623. The number of methoxy groups -OCH3 is 2. The molecule has 0 radical (unpaired) electrons. The minimum Gasteiger partial charge on any atom is -0.497 e. The number of benzene rings is 1. The van der Waals surface area contributed by atoms with Gasteiger partial charge in [0.05, 0.1) is 19.9 Å². The van der Waals surface area contributed by atoms with Crippen molar-refractivity contribution in [1.82, 2.24) is 0 Å². The number of rotatable bonds is 3. The largest absolute Gasteiger partial charge is 0.497 e. The highest BCUT2D eigenvalue weighted by atomic mass is 35.5. The van der Waals surface area contributed by atoms with Crippen LogP contribution in [0.4, 0.5) is 10.5 Å². The summed E-state index contributed by atoms with van der Waals surface area (Å²) in [4.78, 5) is 10.6.